The molecule has 132 valence electrons. The minimum Gasteiger partial charge on any atom is -0.474 e. The second-order valence-corrected chi connectivity index (χ2v) is 5.77. The molecule has 0 bridgehead atoms. The number of rotatable bonds is 3. The van der Waals surface area contributed by atoms with Gasteiger partial charge in [0.2, 0.25) is 5.88 Å². The smallest absolute Gasteiger partial charge is 0.256 e. The Kier molecular flexibility index (Phi) is 4.87. The monoisotopic (exact) mass is 351 g/mol. The summed E-state index contributed by atoms with van der Waals surface area (Å²) in [6, 6.07) is 3.36. The van der Waals surface area contributed by atoms with Crippen LogP contribution in [0, 0.1) is 24.4 Å². The highest BCUT2D eigenvalue weighted by Gasteiger charge is 2.28. The average Bonchev–Trinajstić information content (AvgIpc) is 2.60. The van der Waals surface area contributed by atoms with E-state index < -0.39 is 28.9 Å². The first-order valence-electron chi connectivity index (χ1n) is 7.85. The van der Waals surface area contributed by atoms with Crippen LogP contribution in [-0.2, 0) is 0 Å². The number of carbonyl (C=O) groups excluding carboxylic acids is 1. The minimum atomic E-state index is -1.64. The number of benzene rings is 1. The summed E-state index contributed by atoms with van der Waals surface area (Å²) >= 11 is 0. The van der Waals surface area contributed by atoms with Crippen LogP contribution in [0.15, 0.2) is 24.4 Å². The first-order valence-corrected chi connectivity index (χ1v) is 7.85. The molecule has 3 rings (SSSR count). The molecular weight excluding hydrogens is 335 g/mol. The molecule has 0 spiro atoms. The second kappa shape index (κ2) is 7.08. The van der Waals surface area contributed by atoms with E-state index in [0.29, 0.717) is 37.6 Å². The molecule has 25 heavy (non-hydrogen) atoms. The van der Waals surface area contributed by atoms with E-state index in [0.717, 1.165) is 12.1 Å². The van der Waals surface area contributed by atoms with Gasteiger partial charge in [-0.25, -0.2) is 18.2 Å². The quantitative estimate of drug-likeness (QED) is 0.798. The highest BCUT2D eigenvalue weighted by Crippen LogP contribution is 2.21. The molecule has 0 unspecified atom stereocenters. The van der Waals surface area contributed by atoms with Crippen LogP contribution in [0.25, 0.3) is 0 Å². The molecule has 1 aliphatic heterocycles. The Morgan fingerprint density at radius 2 is 1.88 bits per heavy atom. The third kappa shape index (κ3) is 3.72. The average molecular weight is 351 g/mol. The van der Waals surface area contributed by atoms with Crippen LogP contribution in [-0.4, -0.2) is 40.0 Å². The standard InChI is InChI=1S/C17H16F3N3O2/c1-10-21-7-4-14(22-10)25-11-5-8-23(9-6-11)17(24)12-2-3-13(18)16(20)15(12)19/h2-4,7,11H,5-6,8-9H2,1H3. The van der Waals surface area contributed by atoms with Crippen LogP contribution in [0.3, 0.4) is 0 Å². The van der Waals surface area contributed by atoms with E-state index in [9.17, 15) is 18.0 Å². The molecule has 0 aliphatic carbocycles. The summed E-state index contributed by atoms with van der Waals surface area (Å²) in [7, 11) is 0. The van der Waals surface area contributed by atoms with Crippen molar-refractivity contribution in [3.8, 4) is 5.88 Å². The molecule has 1 aromatic carbocycles. The molecule has 5 nitrogen and oxygen atoms in total. The number of nitrogens with zero attached hydrogens (tertiary/aromatic N) is 3. The summed E-state index contributed by atoms with van der Waals surface area (Å²) in [5.41, 5.74) is -0.468. The van der Waals surface area contributed by atoms with Gasteiger partial charge in [0, 0.05) is 38.2 Å². The fourth-order valence-electron chi connectivity index (χ4n) is 2.71. The van der Waals surface area contributed by atoms with Crippen LogP contribution in [0.4, 0.5) is 13.2 Å². The van der Waals surface area contributed by atoms with E-state index in [1.54, 1.807) is 19.2 Å². The zero-order valence-corrected chi connectivity index (χ0v) is 13.5. The van der Waals surface area contributed by atoms with Crippen molar-refractivity contribution in [3.05, 3.63) is 53.2 Å². The number of hydrogen-bond donors (Lipinski definition) is 0. The molecule has 0 atom stereocenters. The maximum atomic E-state index is 13.8. The predicted molar refractivity (Wildman–Crippen MR) is 82.6 cm³/mol. The molecule has 0 saturated carbocycles. The number of halogens is 3. The van der Waals surface area contributed by atoms with Crippen molar-refractivity contribution in [2.45, 2.75) is 25.9 Å². The number of ether oxygens (including phenoxy) is 1. The van der Waals surface area contributed by atoms with Crippen molar-refractivity contribution in [1.82, 2.24) is 14.9 Å². The first-order chi connectivity index (χ1) is 12.0. The summed E-state index contributed by atoms with van der Waals surface area (Å²) in [6.45, 7) is 2.41. The van der Waals surface area contributed by atoms with Gasteiger partial charge in [-0.1, -0.05) is 0 Å². The molecule has 0 radical (unpaired) electrons. The van der Waals surface area contributed by atoms with Crippen LogP contribution in [0.5, 0.6) is 5.88 Å². The van der Waals surface area contributed by atoms with E-state index in [4.69, 9.17) is 4.74 Å². The summed E-state index contributed by atoms with van der Waals surface area (Å²) in [5.74, 6) is -4.01. The van der Waals surface area contributed by atoms with Crippen LogP contribution >= 0.6 is 0 Å². The van der Waals surface area contributed by atoms with Gasteiger partial charge in [0.15, 0.2) is 17.5 Å². The molecular formula is C17H16F3N3O2. The summed E-state index contributed by atoms with van der Waals surface area (Å²) in [5, 5.41) is 0. The SMILES string of the molecule is Cc1nccc(OC2CCN(C(=O)c3ccc(F)c(F)c3F)CC2)n1. The zero-order chi connectivity index (χ0) is 18.0. The molecule has 2 heterocycles. The largest absolute Gasteiger partial charge is 0.474 e. The minimum absolute atomic E-state index is 0.131. The molecule has 1 aromatic heterocycles. The van der Waals surface area contributed by atoms with Gasteiger partial charge in [-0.2, -0.15) is 4.98 Å². The number of amides is 1. The second-order valence-electron chi connectivity index (χ2n) is 5.77. The van der Waals surface area contributed by atoms with Crippen LogP contribution in [0.2, 0.25) is 0 Å². The molecule has 8 heteroatoms. The van der Waals surface area contributed by atoms with E-state index in [1.807, 2.05) is 0 Å². The Morgan fingerprint density at radius 3 is 2.56 bits per heavy atom. The number of hydrogen-bond acceptors (Lipinski definition) is 4. The molecule has 1 amide bonds. The highest BCUT2D eigenvalue weighted by molar-refractivity contribution is 5.94. The number of likely N-dealkylation sites (tertiary alicyclic amines) is 1. The molecule has 2 aromatic rings. The number of piperidine rings is 1. The van der Waals surface area contributed by atoms with Gasteiger partial charge in [0.1, 0.15) is 11.9 Å². The van der Waals surface area contributed by atoms with Gasteiger partial charge in [-0.15, -0.1) is 0 Å². The van der Waals surface area contributed by atoms with Crippen molar-refractivity contribution < 1.29 is 22.7 Å². The lowest BCUT2D eigenvalue weighted by Gasteiger charge is -2.32. The molecule has 1 aliphatic rings. The van der Waals surface area contributed by atoms with Gasteiger partial charge >= 0.3 is 0 Å². The Labute approximate surface area is 142 Å². The van der Waals surface area contributed by atoms with Crippen LogP contribution < -0.4 is 4.74 Å². The Bertz CT molecular complexity index is 793. The van der Waals surface area contributed by atoms with E-state index in [-0.39, 0.29) is 6.10 Å². The van der Waals surface area contributed by atoms with Crippen LogP contribution in [0.1, 0.15) is 29.0 Å². The third-order valence-electron chi connectivity index (χ3n) is 4.03. The normalized spacial score (nSPS) is 15.3. The lowest BCUT2D eigenvalue weighted by atomic mass is 10.1. The van der Waals surface area contributed by atoms with E-state index >= 15 is 0 Å². The first kappa shape index (κ1) is 17.2. The summed E-state index contributed by atoms with van der Waals surface area (Å²) in [6.07, 6.45) is 2.52. The Morgan fingerprint density at radius 1 is 1.16 bits per heavy atom. The summed E-state index contributed by atoms with van der Waals surface area (Å²) in [4.78, 5) is 21.9. The van der Waals surface area contributed by atoms with Crippen molar-refractivity contribution in [3.63, 3.8) is 0 Å². The van der Waals surface area contributed by atoms with Crippen molar-refractivity contribution in [1.29, 1.82) is 0 Å². The number of aromatic nitrogens is 2. The number of carbonyl (C=O) groups is 1. The maximum Gasteiger partial charge on any atom is 0.256 e. The van der Waals surface area contributed by atoms with Gasteiger partial charge < -0.3 is 9.64 Å². The molecule has 0 N–H and O–H groups in total. The topological polar surface area (TPSA) is 55.3 Å². The highest BCUT2D eigenvalue weighted by atomic mass is 19.2. The Balaban J connectivity index is 1.62. The van der Waals surface area contributed by atoms with Gasteiger partial charge in [-0.3, -0.25) is 4.79 Å². The van der Waals surface area contributed by atoms with Gasteiger partial charge in [0.05, 0.1) is 5.56 Å². The van der Waals surface area contributed by atoms with Crippen molar-refractivity contribution >= 4 is 5.91 Å². The lowest BCUT2D eigenvalue weighted by Crippen LogP contribution is -2.42. The number of aryl methyl sites for hydroxylation is 1. The third-order valence-corrected chi connectivity index (χ3v) is 4.03. The van der Waals surface area contributed by atoms with E-state index in [1.165, 1.54) is 4.90 Å². The van der Waals surface area contributed by atoms with Gasteiger partial charge in [-0.05, 0) is 19.1 Å². The van der Waals surface area contributed by atoms with Crippen molar-refractivity contribution in [2.75, 3.05) is 13.1 Å². The summed E-state index contributed by atoms with van der Waals surface area (Å²) < 4.78 is 45.8. The van der Waals surface area contributed by atoms with E-state index in [2.05, 4.69) is 9.97 Å². The molecule has 1 saturated heterocycles. The predicted octanol–water partition coefficient (Wildman–Crippen LogP) is 2.89. The fourth-order valence-corrected chi connectivity index (χ4v) is 2.71. The zero-order valence-electron chi connectivity index (χ0n) is 13.5. The maximum absolute atomic E-state index is 13.8. The Hall–Kier alpha value is -2.64. The van der Waals surface area contributed by atoms with Gasteiger partial charge in [0.25, 0.3) is 5.91 Å². The van der Waals surface area contributed by atoms with Crippen molar-refractivity contribution in [2.24, 2.45) is 0 Å². The molecule has 1 fully saturated rings. The lowest BCUT2D eigenvalue weighted by molar-refractivity contribution is 0.0582. The fraction of sp³-hybridized carbons (Fsp3) is 0.353.